The highest BCUT2D eigenvalue weighted by Crippen LogP contribution is 2.42. The molecule has 174 valence electrons. The van der Waals surface area contributed by atoms with Crippen LogP contribution < -0.4 is 0 Å². The Morgan fingerprint density at radius 2 is 1.97 bits per heavy atom. The molecule has 2 aliphatic rings. The van der Waals surface area contributed by atoms with E-state index in [2.05, 4.69) is 9.97 Å². The smallest absolute Gasteiger partial charge is 0.257 e. The minimum atomic E-state index is -1.12. The Hall–Kier alpha value is -3.58. The molecular weight excluding hydrogens is 428 g/mol. The van der Waals surface area contributed by atoms with E-state index in [1.165, 1.54) is 0 Å². The molecule has 2 fully saturated rings. The second-order valence-corrected chi connectivity index (χ2v) is 8.87. The number of carbonyl (C=O) groups excluding carboxylic acids is 2. The van der Waals surface area contributed by atoms with E-state index in [1.54, 1.807) is 23.5 Å². The van der Waals surface area contributed by atoms with E-state index in [4.69, 9.17) is 4.74 Å². The van der Waals surface area contributed by atoms with Gasteiger partial charge in [0.2, 0.25) is 0 Å². The van der Waals surface area contributed by atoms with Crippen molar-refractivity contribution in [3.05, 3.63) is 95.6 Å². The van der Waals surface area contributed by atoms with E-state index < -0.39 is 5.60 Å². The van der Waals surface area contributed by atoms with Crippen LogP contribution in [0.25, 0.3) is 0 Å². The molecule has 7 heteroatoms. The van der Waals surface area contributed by atoms with Gasteiger partial charge in [-0.15, -0.1) is 0 Å². The van der Waals surface area contributed by atoms with Gasteiger partial charge in [-0.05, 0) is 35.7 Å². The molecule has 2 aromatic heterocycles. The van der Waals surface area contributed by atoms with Crippen LogP contribution >= 0.6 is 0 Å². The van der Waals surface area contributed by atoms with Crippen molar-refractivity contribution in [2.75, 3.05) is 26.2 Å². The molecule has 2 atom stereocenters. The van der Waals surface area contributed by atoms with Gasteiger partial charge in [-0.25, -0.2) is 0 Å². The Morgan fingerprint density at radius 1 is 1.12 bits per heavy atom. The molecule has 2 amide bonds. The fourth-order valence-electron chi connectivity index (χ4n) is 4.98. The largest absolute Gasteiger partial charge is 0.361 e. The zero-order valence-corrected chi connectivity index (χ0v) is 19.3. The molecule has 0 aliphatic carbocycles. The summed E-state index contributed by atoms with van der Waals surface area (Å²) in [6.45, 7) is 3.96. The van der Waals surface area contributed by atoms with Crippen LogP contribution in [-0.2, 0) is 22.5 Å². The van der Waals surface area contributed by atoms with Gasteiger partial charge >= 0.3 is 0 Å². The van der Waals surface area contributed by atoms with E-state index in [-0.39, 0.29) is 24.3 Å². The highest BCUT2D eigenvalue weighted by atomic mass is 16.5. The fraction of sp³-hybridized carbons (Fsp3) is 0.333. The van der Waals surface area contributed by atoms with Crippen LogP contribution in [0.1, 0.15) is 40.0 Å². The SMILES string of the molecule is CCc1ccc(C(=O)N2CCOC3(C2)C(=O)N(Cc2cccnc2)CC3c2ccccc2)cn1. The van der Waals surface area contributed by atoms with Gasteiger partial charge in [-0.2, -0.15) is 0 Å². The molecule has 0 radical (unpaired) electrons. The van der Waals surface area contributed by atoms with Crippen molar-refractivity contribution in [3.8, 4) is 0 Å². The number of hydrogen-bond acceptors (Lipinski definition) is 5. The molecular formula is C27H28N4O3. The summed E-state index contributed by atoms with van der Waals surface area (Å²) in [7, 11) is 0. The quantitative estimate of drug-likeness (QED) is 0.590. The standard InChI is InChI=1S/C27H28N4O3/c1-2-23-11-10-22(16-29-23)25(32)30-13-14-34-27(19-30)24(21-8-4-3-5-9-21)18-31(26(27)33)17-20-7-6-12-28-15-20/h3-12,15-16,24H,2,13-14,17-19H2,1H3. The first kappa shape index (κ1) is 22.2. The lowest BCUT2D eigenvalue weighted by Crippen LogP contribution is -2.59. The maximum atomic E-state index is 13.9. The van der Waals surface area contributed by atoms with E-state index in [1.807, 2.05) is 66.4 Å². The second-order valence-electron chi connectivity index (χ2n) is 8.87. The van der Waals surface area contributed by atoms with Gasteiger partial charge in [-0.3, -0.25) is 19.6 Å². The van der Waals surface area contributed by atoms with Gasteiger partial charge in [0, 0.05) is 49.8 Å². The zero-order chi connectivity index (χ0) is 23.5. The predicted molar refractivity (Wildman–Crippen MR) is 127 cm³/mol. The molecule has 1 aromatic carbocycles. The van der Waals surface area contributed by atoms with E-state index in [0.29, 0.717) is 31.8 Å². The van der Waals surface area contributed by atoms with Crippen molar-refractivity contribution in [1.29, 1.82) is 0 Å². The van der Waals surface area contributed by atoms with Crippen LogP contribution in [0.5, 0.6) is 0 Å². The molecule has 2 aliphatic heterocycles. The van der Waals surface area contributed by atoms with Crippen LogP contribution in [0.2, 0.25) is 0 Å². The molecule has 4 heterocycles. The summed E-state index contributed by atoms with van der Waals surface area (Å²) < 4.78 is 6.31. The Labute approximate surface area is 199 Å². The zero-order valence-electron chi connectivity index (χ0n) is 19.3. The van der Waals surface area contributed by atoms with E-state index in [9.17, 15) is 9.59 Å². The lowest BCUT2D eigenvalue weighted by Gasteiger charge is -2.42. The van der Waals surface area contributed by atoms with Gasteiger partial charge in [0.25, 0.3) is 11.8 Å². The molecule has 5 rings (SSSR count). The number of nitrogens with zero attached hydrogens (tertiary/aromatic N) is 4. The number of pyridine rings is 2. The molecule has 1 spiro atoms. The van der Waals surface area contributed by atoms with E-state index >= 15 is 0 Å². The Kier molecular flexibility index (Phi) is 6.11. The van der Waals surface area contributed by atoms with Crippen molar-refractivity contribution in [3.63, 3.8) is 0 Å². The Bertz CT molecular complexity index is 1150. The van der Waals surface area contributed by atoms with Gasteiger partial charge in [0.15, 0.2) is 5.60 Å². The number of hydrogen-bond donors (Lipinski definition) is 0. The number of benzene rings is 1. The molecule has 2 unspecified atom stereocenters. The second kappa shape index (κ2) is 9.35. The number of morpholine rings is 1. The third kappa shape index (κ3) is 4.07. The Morgan fingerprint density at radius 3 is 2.68 bits per heavy atom. The summed E-state index contributed by atoms with van der Waals surface area (Å²) in [5.74, 6) is -0.389. The third-order valence-electron chi connectivity index (χ3n) is 6.78. The molecule has 0 N–H and O–H groups in total. The highest BCUT2D eigenvalue weighted by molar-refractivity contribution is 5.96. The number of aryl methyl sites for hydroxylation is 1. The topological polar surface area (TPSA) is 75.6 Å². The van der Waals surface area contributed by atoms with Gasteiger partial charge in [0.1, 0.15) is 0 Å². The summed E-state index contributed by atoms with van der Waals surface area (Å²) in [6, 6.07) is 17.5. The van der Waals surface area contributed by atoms with Crippen LogP contribution in [0, 0.1) is 0 Å². The summed E-state index contributed by atoms with van der Waals surface area (Å²) >= 11 is 0. The normalized spacial score (nSPS) is 22.4. The van der Waals surface area contributed by atoms with Gasteiger partial charge in [0.05, 0.1) is 18.7 Å². The number of likely N-dealkylation sites (tertiary alicyclic amines) is 1. The minimum Gasteiger partial charge on any atom is -0.361 e. The number of aromatic nitrogens is 2. The summed E-state index contributed by atoms with van der Waals surface area (Å²) in [5.41, 5.74) is 2.35. The minimum absolute atomic E-state index is 0.0813. The molecule has 0 bridgehead atoms. The number of ether oxygens (including phenoxy) is 1. The fourth-order valence-corrected chi connectivity index (χ4v) is 4.98. The average molecular weight is 457 g/mol. The summed E-state index contributed by atoms with van der Waals surface area (Å²) in [5, 5.41) is 0. The number of carbonyl (C=O) groups is 2. The van der Waals surface area contributed by atoms with E-state index in [0.717, 1.165) is 23.2 Å². The lowest BCUT2D eigenvalue weighted by molar-refractivity contribution is -0.160. The molecule has 34 heavy (non-hydrogen) atoms. The maximum Gasteiger partial charge on any atom is 0.257 e. The van der Waals surface area contributed by atoms with Crippen molar-refractivity contribution in [1.82, 2.24) is 19.8 Å². The molecule has 2 saturated heterocycles. The van der Waals surface area contributed by atoms with Gasteiger partial charge in [-0.1, -0.05) is 43.3 Å². The predicted octanol–water partition coefficient (Wildman–Crippen LogP) is 3.08. The monoisotopic (exact) mass is 456 g/mol. The molecule has 3 aromatic rings. The Balaban J connectivity index is 1.45. The van der Waals surface area contributed by atoms with Crippen molar-refractivity contribution < 1.29 is 14.3 Å². The van der Waals surface area contributed by atoms with Gasteiger partial charge < -0.3 is 14.5 Å². The van der Waals surface area contributed by atoms with Crippen LogP contribution in [0.15, 0.2) is 73.2 Å². The van der Waals surface area contributed by atoms with Crippen molar-refractivity contribution in [2.45, 2.75) is 31.4 Å². The molecule has 0 saturated carbocycles. The third-order valence-corrected chi connectivity index (χ3v) is 6.78. The maximum absolute atomic E-state index is 13.9. The first-order valence-electron chi connectivity index (χ1n) is 11.7. The number of rotatable bonds is 5. The number of amides is 2. The van der Waals surface area contributed by atoms with Crippen LogP contribution in [0.4, 0.5) is 0 Å². The first-order valence-corrected chi connectivity index (χ1v) is 11.7. The van der Waals surface area contributed by atoms with Crippen molar-refractivity contribution in [2.24, 2.45) is 0 Å². The molecule has 7 nitrogen and oxygen atoms in total. The van der Waals surface area contributed by atoms with Crippen molar-refractivity contribution >= 4 is 11.8 Å². The average Bonchev–Trinajstić information content (AvgIpc) is 3.15. The lowest BCUT2D eigenvalue weighted by atomic mass is 9.83. The summed E-state index contributed by atoms with van der Waals surface area (Å²) in [4.78, 5) is 39.4. The van der Waals surface area contributed by atoms with Crippen LogP contribution in [0.3, 0.4) is 0 Å². The summed E-state index contributed by atoms with van der Waals surface area (Å²) in [6.07, 6.45) is 5.94. The highest BCUT2D eigenvalue weighted by Gasteiger charge is 2.58. The first-order chi connectivity index (χ1) is 16.6. The van der Waals surface area contributed by atoms with Crippen LogP contribution in [-0.4, -0.2) is 63.4 Å².